The molecule has 2 aliphatic rings. The van der Waals surface area contributed by atoms with Gasteiger partial charge < -0.3 is 10.6 Å². The third-order valence-corrected chi connectivity index (χ3v) is 4.62. The van der Waals surface area contributed by atoms with Crippen molar-refractivity contribution in [3.63, 3.8) is 0 Å². The third-order valence-electron chi connectivity index (χ3n) is 3.68. The highest BCUT2D eigenvalue weighted by Crippen LogP contribution is 2.37. The van der Waals surface area contributed by atoms with Gasteiger partial charge in [-0.2, -0.15) is 11.8 Å². The number of aliphatic imine (C=N–C) groups is 1. The van der Waals surface area contributed by atoms with Crippen molar-refractivity contribution in [2.24, 2.45) is 10.7 Å². The van der Waals surface area contributed by atoms with Crippen LogP contribution in [0.3, 0.4) is 0 Å². The first-order valence-electron chi connectivity index (χ1n) is 7.26. The lowest BCUT2D eigenvalue weighted by Crippen LogP contribution is -2.42. The van der Waals surface area contributed by atoms with Gasteiger partial charge in [0.05, 0.1) is 0 Å². The monoisotopic (exact) mass is 419 g/mol. The SMILES string of the molecule is I.NC(=NCCc1cnc(C2CC2)nc1)N1CCSCC1. The zero-order valence-electron chi connectivity index (χ0n) is 12.1. The summed E-state index contributed by atoms with van der Waals surface area (Å²) in [5.41, 5.74) is 7.16. The molecule has 3 rings (SSSR count). The maximum Gasteiger partial charge on any atom is 0.191 e. The highest BCUT2D eigenvalue weighted by Gasteiger charge is 2.25. The van der Waals surface area contributed by atoms with Gasteiger partial charge in [0.2, 0.25) is 0 Å². The molecule has 0 atom stereocenters. The van der Waals surface area contributed by atoms with Crippen LogP contribution in [0.1, 0.15) is 30.1 Å². The van der Waals surface area contributed by atoms with Crippen LogP contribution >= 0.6 is 35.7 Å². The molecule has 0 aromatic carbocycles. The van der Waals surface area contributed by atoms with Crippen LogP contribution in [0.2, 0.25) is 0 Å². The summed E-state index contributed by atoms with van der Waals surface area (Å²) in [5, 5.41) is 0. The number of nitrogens with two attached hydrogens (primary N) is 1. The van der Waals surface area contributed by atoms with E-state index in [1.807, 2.05) is 24.2 Å². The molecule has 2 N–H and O–H groups in total. The number of halogens is 1. The minimum atomic E-state index is 0. The normalized spacial score (nSPS) is 19.2. The smallest absolute Gasteiger partial charge is 0.191 e. The standard InChI is InChI=1S/C14H21N5S.HI/c15-14(19-5-7-20-8-6-19)16-4-3-11-9-17-13(18-10-11)12-1-2-12;/h9-10,12H,1-8H2,(H2,15,16);1H. The predicted molar refractivity (Wildman–Crippen MR) is 98.5 cm³/mol. The molecule has 1 saturated carbocycles. The summed E-state index contributed by atoms with van der Waals surface area (Å²) in [6, 6.07) is 0. The lowest BCUT2D eigenvalue weighted by Gasteiger charge is -2.27. The van der Waals surface area contributed by atoms with Crippen LogP contribution in [0, 0.1) is 0 Å². The van der Waals surface area contributed by atoms with Crippen molar-refractivity contribution < 1.29 is 0 Å². The number of nitrogens with zero attached hydrogens (tertiary/aromatic N) is 4. The Labute approximate surface area is 147 Å². The van der Waals surface area contributed by atoms with E-state index in [0.29, 0.717) is 18.4 Å². The molecule has 1 aliphatic heterocycles. The second-order valence-electron chi connectivity index (χ2n) is 5.31. The van der Waals surface area contributed by atoms with Gasteiger partial charge in [-0.1, -0.05) is 0 Å². The van der Waals surface area contributed by atoms with Gasteiger partial charge in [0.25, 0.3) is 0 Å². The molecule has 116 valence electrons. The largest absolute Gasteiger partial charge is 0.370 e. The molecular formula is C14H22IN5S. The van der Waals surface area contributed by atoms with Crippen molar-refractivity contribution in [1.82, 2.24) is 14.9 Å². The first kappa shape index (κ1) is 16.8. The molecule has 21 heavy (non-hydrogen) atoms. The van der Waals surface area contributed by atoms with E-state index >= 15 is 0 Å². The third kappa shape index (κ3) is 4.98. The number of hydrogen-bond donors (Lipinski definition) is 1. The van der Waals surface area contributed by atoms with Crippen LogP contribution in [-0.4, -0.2) is 52.0 Å². The van der Waals surface area contributed by atoms with Gasteiger partial charge in [0, 0.05) is 49.5 Å². The maximum absolute atomic E-state index is 6.02. The zero-order valence-corrected chi connectivity index (χ0v) is 15.2. The maximum atomic E-state index is 6.02. The summed E-state index contributed by atoms with van der Waals surface area (Å²) >= 11 is 1.98. The van der Waals surface area contributed by atoms with Gasteiger partial charge in [0.15, 0.2) is 5.96 Å². The fourth-order valence-corrected chi connectivity index (χ4v) is 3.14. The van der Waals surface area contributed by atoms with Crippen molar-refractivity contribution in [2.75, 3.05) is 31.1 Å². The molecule has 1 aromatic rings. The topological polar surface area (TPSA) is 67.4 Å². The Morgan fingerprint density at radius 1 is 1.29 bits per heavy atom. The first-order chi connectivity index (χ1) is 9.83. The van der Waals surface area contributed by atoms with E-state index in [9.17, 15) is 0 Å². The Morgan fingerprint density at radius 3 is 2.57 bits per heavy atom. The van der Waals surface area contributed by atoms with E-state index in [1.54, 1.807) is 0 Å². The Morgan fingerprint density at radius 2 is 1.95 bits per heavy atom. The van der Waals surface area contributed by atoms with E-state index < -0.39 is 0 Å². The molecule has 0 radical (unpaired) electrons. The second kappa shape index (κ2) is 8.17. The quantitative estimate of drug-likeness (QED) is 0.459. The molecule has 7 heteroatoms. The summed E-state index contributed by atoms with van der Waals surface area (Å²) in [6.07, 6.45) is 7.21. The minimum absolute atomic E-state index is 0. The van der Waals surface area contributed by atoms with E-state index in [1.165, 1.54) is 12.8 Å². The zero-order chi connectivity index (χ0) is 13.8. The highest BCUT2D eigenvalue weighted by molar-refractivity contribution is 14.0. The average molecular weight is 419 g/mol. The molecule has 2 heterocycles. The molecule has 2 fully saturated rings. The van der Waals surface area contributed by atoms with Crippen molar-refractivity contribution >= 4 is 41.7 Å². The Balaban J connectivity index is 0.00000161. The molecule has 0 amide bonds. The van der Waals surface area contributed by atoms with Crippen LogP contribution in [-0.2, 0) is 6.42 Å². The van der Waals surface area contributed by atoms with Crippen LogP contribution in [0.5, 0.6) is 0 Å². The fourth-order valence-electron chi connectivity index (χ4n) is 2.24. The van der Waals surface area contributed by atoms with Crippen LogP contribution in [0.25, 0.3) is 0 Å². The van der Waals surface area contributed by atoms with Crippen LogP contribution in [0.15, 0.2) is 17.4 Å². The fraction of sp³-hybridized carbons (Fsp3) is 0.643. The van der Waals surface area contributed by atoms with Gasteiger partial charge in [-0.05, 0) is 24.8 Å². The summed E-state index contributed by atoms with van der Waals surface area (Å²) in [6.45, 7) is 2.74. The lowest BCUT2D eigenvalue weighted by molar-refractivity contribution is 0.456. The first-order valence-corrected chi connectivity index (χ1v) is 8.42. The number of guanidine groups is 1. The Hall–Kier alpha value is -0.570. The van der Waals surface area contributed by atoms with Crippen LogP contribution < -0.4 is 5.73 Å². The number of aromatic nitrogens is 2. The summed E-state index contributed by atoms with van der Waals surface area (Å²) in [4.78, 5) is 15.5. The Kier molecular flexibility index (Phi) is 6.53. The van der Waals surface area contributed by atoms with E-state index in [-0.39, 0.29) is 24.0 Å². The molecular weight excluding hydrogens is 397 g/mol. The molecule has 0 unspecified atom stereocenters. The molecule has 1 aliphatic carbocycles. The van der Waals surface area contributed by atoms with Crippen molar-refractivity contribution in [2.45, 2.75) is 25.2 Å². The lowest BCUT2D eigenvalue weighted by atomic mass is 10.2. The number of rotatable bonds is 4. The van der Waals surface area contributed by atoms with Crippen LogP contribution in [0.4, 0.5) is 0 Å². The van der Waals surface area contributed by atoms with Gasteiger partial charge in [-0.15, -0.1) is 24.0 Å². The van der Waals surface area contributed by atoms with Gasteiger partial charge >= 0.3 is 0 Å². The van der Waals surface area contributed by atoms with Crippen molar-refractivity contribution in [3.8, 4) is 0 Å². The van der Waals surface area contributed by atoms with Gasteiger partial charge in [-0.3, -0.25) is 4.99 Å². The number of hydrogen-bond acceptors (Lipinski definition) is 4. The van der Waals surface area contributed by atoms with Gasteiger partial charge in [-0.25, -0.2) is 9.97 Å². The predicted octanol–water partition coefficient (Wildman–Crippen LogP) is 1.88. The second-order valence-corrected chi connectivity index (χ2v) is 6.54. The summed E-state index contributed by atoms with van der Waals surface area (Å²) in [5.74, 6) is 4.59. The van der Waals surface area contributed by atoms with Crippen molar-refractivity contribution in [1.29, 1.82) is 0 Å². The van der Waals surface area contributed by atoms with E-state index in [2.05, 4.69) is 19.9 Å². The Bertz CT molecular complexity index is 469. The molecule has 1 aromatic heterocycles. The molecule has 0 spiro atoms. The molecule has 1 saturated heterocycles. The number of thioether (sulfide) groups is 1. The molecule has 0 bridgehead atoms. The van der Waals surface area contributed by atoms with E-state index in [4.69, 9.17) is 5.73 Å². The van der Waals surface area contributed by atoms with Crippen molar-refractivity contribution in [3.05, 3.63) is 23.8 Å². The molecule has 5 nitrogen and oxygen atoms in total. The highest BCUT2D eigenvalue weighted by atomic mass is 127. The van der Waals surface area contributed by atoms with Gasteiger partial charge in [0.1, 0.15) is 5.82 Å². The summed E-state index contributed by atoms with van der Waals surface area (Å²) in [7, 11) is 0. The minimum Gasteiger partial charge on any atom is -0.370 e. The van der Waals surface area contributed by atoms with E-state index in [0.717, 1.165) is 42.4 Å². The summed E-state index contributed by atoms with van der Waals surface area (Å²) < 4.78 is 0. The average Bonchev–Trinajstić information content (AvgIpc) is 3.33.